The monoisotopic (exact) mass is 473 g/mol. The van der Waals surface area contributed by atoms with Crippen molar-refractivity contribution in [1.82, 2.24) is 29.3 Å². The zero-order valence-electron chi connectivity index (χ0n) is 17.1. The number of rotatable bonds is 4. The molecular formula is C23H16ClN7OS. The van der Waals surface area contributed by atoms with Gasteiger partial charge in [-0.2, -0.15) is 5.26 Å². The van der Waals surface area contributed by atoms with E-state index in [2.05, 4.69) is 26.2 Å². The molecule has 1 N–H and O–H groups in total. The van der Waals surface area contributed by atoms with Gasteiger partial charge < -0.3 is 4.98 Å². The Morgan fingerprint density at radius 2 is 2.03 bits per heavy atom. The van der Waals surface area contributed by atoms with E-state index in [1.807, 2.05) is 34.9 Å². The number of imidazole rings is 1. The van der Waals surface area contributed by atoms with Crippen molar-refractivity contribution in [1.29, 1.82) is 5.26 Å². The van der Waals surface area contributed by atoms with Gasteiger partial charge in [0.15, 0.2) is 5.82 Å². The second kappa shape index (κ2) is 7.69. The standard InChI is InChI=1S/C23H16ClN7OS/c24-16-3-1-2-4-18(16)31-21(28-29-22(31)20-11-26-12-33-20)14-8-15(9-14)30-19-6-5-13(10-25)7-17(19)27-23(30)32/h1-7,11-12,14-15H,8-9H2,(H,27,32). The summed E-state index contributed by atoms with van der Waals surface area (Å²) in [6, 6.07) is 15.0. The number of nitrogens with one attached hydrogen (secondary N) is 1. The lowest BCUT2D eigenvalue weighted by molar-refractivity contribution is 0.254. The van der Waals surface area contributed by atoms with E-state index in [9.17, 15) is 4.79 Å². The highest BCUT2D eigenvalue weighted by molar-refractivity contribution is 7.13. The van der Waals surface area contributed by atoms with Crippen molar-refractivity contribution in [2.45, 2.75) is 24.8 Å². The van der Waals surface area contributed by atoms with Gasteiger partial charge in [-0.1, -0.05) is 23.7 Å². The Morgan fingerprint density at radius 3 is 2.79 bits per heavy atom. The fraction of sp³-hybridized carbons (Fsp3) is 0.174. The Morgan fingerprint density at radius 1 is 1.18 bits per heavy atom. The first kappa shape index (κ1) is 19.9. The molecule has 3 heterocycles. The number of nitriles is 1. The van der Waals surface area contributed by atoms with Crippen LogP contribution in [0.25, 0.3) is 27.4 Å². The number of halogens is 1. The minimum Gasteiger partial charge on any atom is -0.305 e. The number of hydrogen-bond acceptors (Lipinski definition) is 6. The quantitative estimate of drug-likeness (QED) is 0.408. The predicted molar refractivity (Wildman–Crippen MR) is 126 cm³/mol. The van der Waals surface area contributed by atoms with Crippen molar-refractivity contribution in [3.63, 3.8) is 0 Å². The highest BCUT2D eigenvalue weighted by atomic mass is 35.5. The molecule has 8 nitrogen and oxygen atoms in total. The molecule has 33 heavy (non-hydrogen) atoms. The lowest BCUT2D eigenvalue weighted by Crippen LogP contribution is -2.32. The molecule has 0 spiro atoms. The van der Waals surface area contributed by atoms with Crippen molar-refractivity contribution in [3.05, 3.63) is 81.1 Å². The van der Waals surface area contributed by atoms with Gasteiger partial charge in [0.2, 0.25) is 0 Å². The number of H-pyrrole nitrogens is 1. The van der Waals surface area contributed by atoms with Crippen LogP contribution in [-0.4, -0.2) is 29.3 Å². The van der Waals surface area contributed by atoms with Gasteiger partial charge in [0, 0.05) is 18.2 Å². The highest BCUT2D eigenvalue weighted by Crippen LogP contribution is 2.46. The maximum absolute atomic E-state index is 12.7. The van der Waals surface area contributed by atoms with Crippen molar-refractivity contribution < 1.29 is 0 Å². The first-order valence-corrected chi connectivity index (χ1v) is 11.6. The van der Waals surface area contributed by atoms with Crippen LogP contribution in [0.1, 0.15) is 36.2 Å². The fourth-order valence-corrected chi connectivity index (χ4v) is 5.30. The SMILES string of the molecule is N#Cc1ccc2c(c1)[nH]c(=O)n2C1CC(c2nnc(-c3cncs3)n2-c2ccccc2Cl)C1. The molecular weight excluding hydrogens is 458 g/mol. The summed E-state index contributed by atoms with van der Waals surface area (Å²) in [6.45, 7) is 0. The molecule has 1 fully saturated rings. The Hall–Kier alpha value is -3.74. The Kier molecular flexibility index (Phi) is 4.64. The summed E-state index contributed by atoms with van der Waals surface area (Å²) in [5.74, 6) is 1.65. The average Bonchev–Trinajstić information content (AvgIpc) is 3.52. The average molecular weight is 474 g/mol. The van der Waals surface area contributed by atoms with Crippen LogP contribution in [0.2, 0.25) is 5.02 Å². The lowest BCUT2D eigenvalue weighted by atomic mass is 9.79. The van der Waals surface area contributed by atoms with Gasteiger partial charge >= 0.3 is 5.69 Å². The highest BCUT2D eigenvalue weighted by Gasteiger charge is 2.38. The van der Waals surface area contributed by atoms with Gasteiger partial charge in [0.05, 0.1) is 43.8 Å². The molecule has 0 atom stereocenters. The molecule has 162 valence electrons. The second-order valence-corrected chi connectivity index (χ2v) is 9.29. The van der Waals surface area contributed by atoms with Gasteiger partial charge in [-0.05, 0) is 43.2 Å². The van der Waals surface area contributed by atoms with E-state index in [-0.39, 0.29) is 17.6 Å². The smallest absolute Gasteiger partial charge is 0.305 e. The zero-order valence-corrected chi connectivity index (χ0v) is 18.7. The van der Waals surface area contributed by atoms with Crippen LogP contribution in [0, 0.1) is 11.3 Å². The van der Waals surface area contributed by atoms with E-state index in [1.54, 1.807) is 28.4 Å². The van der Waals surface area contributed by atoms with E-state index in [1.165, 1.54) is 11.3 Å². The van der Waals surface area contributed by atoms with Crippen LogP contribution in [0.3, 0.4) is 0 Å². The Bertz CT molecular complexity index is 1590. The normalized spacial score (nSPS) is 17.7. The molecule has 3 aromatic heterocycles. The molecule has 0 radical (unpaired) electrons. The van der Waals surface area contributed by atoms with E-state index >= 15 is 0 Å². The summed E-state index contributed by atoms with van der Waals surface area (Å²) in [7, 11) is 0. The minimum atomic E-state index is -0.165. The number of para-hydroxylation sites is 1. The van der Waals surface area contributed by atoms with E-state index in [0.29, 0.717) is 21.9 Å². The largest absolute Gasteiger partial charge is 0.326 e. The van der Waals surface area contributed by atoms with Crippen LogP contribution in [0.5, 0.6) is 0 Å². The van der Waals surface area contributed by atoms with Crippen molar-refractivity contribution in [2.75, 3.05) is 0 Å². The van der Waals surface area contributed by atoms with Gasteiger partial charge in [-0.25, -0.2) is 4.79 Å². The molecule has 2 aromatic carbocycles. The number of fused-ring (bicyclic) bond motifs is 1. The lowest BCUT2D eigenvalue weighted by Gasteiger charge is -2.35. The molecule has 0 aliphatic heterocycles. The van der Waals surface area contributed by atoms with Crippen molar-refractivity contribution in [2.24, 2.45) is 0 Å². The molecule has 0 unspecified atom stereocenters. The first-order chi connectivity index (χ1) is 16.1. The number of benzene rings is 2. The number of aromatic nitrogens is 6. The summed E-state index contributed by atoms with van der Waals surface area (Å²) in [5, 5.41) is 18.8. The number of nitrogens with zero attached hydrogens (tertiary/aromatic N) is 6. The number of hydrogen-bond donors (Lipinski definition) is 1. The summed E-state index contributed by atoms with van der Waals surface area (Å²) in [5.41, 5.74) is 4.42. The third-order valence-corrected chi connectivity index (χ3v) is 7.21. The topological polar surface area (TPSA) is 105 Å². The molecule has 0 bridgehead atoms. The summed E-state index contributed by atoms with van der Waals surface area (Å²) in [4.78, 5) is 20.6. The van der Waals surface area contributed by atoms with E-state index < -0.39 is 0 Å². The number of thiazole rings is 1. The van der Waals surface area contributed by atoms with Gasteiger partial charge in [-0.15, -0.1) is 21.5 Å². The molecule has 1 saturated carbocycles. The molecule has 10 heteroatoms. The van der Waals surface area contributed by atoms with Gasteiger partial charge in [0.25, 0.3) is 0 Å². The maximum Gasteiger partial charge on any atom is 0.326 e. The summed E-state index contributed by atoms with van der Waals surface area (Å²) >= 11 is 8.04. The van der Waals surface area contributed by atoms with Crippen LogP contribution < -0.4 is 5.69 Å². The molecule has 6 rings (SSSR count). The molecule has 0 amide bonds. The van der Waals surface area contributed by atoms with Crippen LogP contribution in [0.4, 0.5) is 0 Å². The van der Waals surface area contributed by atoms with Crippen LogP contribution in [0.15, 0.2) is 59.0 Å². The maximum atomic E-state index is 12.7. The molecule has 5 aromatic rings. The third-order valence-electron chi connectivity index (χ3n) is 6.12. The van der Waals surface area contributed by atoms with Gasteiger partial charge in [0.1, 0.15) is 5.82 Å². The number of aromatic amines is 1. The second-order valence-electron chi connectivity index (χ2n) is 8.00. The van der Waals surface area contributed by atoms with Crippen molar-refractivity contribution >= 4 is 34.0 Å². The molecule has 1 aliphatic rings. The minimum absolute atomic E-state index is 0.0347. The summed E-state index contributed by atoms with van der Waals surface area (Å²) < 4.78 is 3.79. The third kappa shape index (κ3) is 3.18. The first-order valence-electron chi connectivity index (χ1n) is 10.4. The molecule has 0 saturated heterocycles. The summed E-state index contributed by atoms with van der Waals surface area (Å²) in [6.07, 6.45) is 3.27. The fourth-order valence-electron chi connectivity index (χ4n) is 4.49. The molecule has 1 aliphatic carbocycles. The van der Waals surface area contributed by atoms with E-state index in [0.717, 1.165) is 34.7 Å². The van der Waals surface area contributed by atoms with E-state index in [4.69, 9.17) is 16.9 Å². The Balaban J connectivity index is 1.37. The Labute approximate surface area is 196 Å². The van der Waals surface area contributed by atoms with Crippen LogP contribution in [-0.2, 0) is 0 Å². The zero-order chi connectivity index (χ0) is 22.5. The van der Waals surface area contributed by atoms with Crippen LogP contribution >= 0.6 is 22.9 Å². The van der Waals surface area contributed by atoms with Gasteiger partial charge in [-0.3, -0.25) is 14.1 Å². The predicted octanol–water partition coefficient (Wildman–Crippen LogP) is 4.68. The van der Waals surface area contributed by atoms with Crippen molar-refractivity contribution in [3.8, 4) is 22.5 Å².